The fourth-order valence-electron chi connectivity index (χ4n) is 3.19. The number of aliphatic imine (C=N–C) groups is 1. The van der Waals surface area contributed by atoms with Crippen LogP contribution >= 0.6 is 24.0 Å². The Bertz CT molecular complexity index is 687. The van der Waals surface area contributed by atoms with Crippen molar-refractivity contribution < 1.29 is 0 Å². The summed E-state index contributed by atoms with van der Waals surface area (Å²) in [6, 6.07) is 19.2. The van der Waals surface area contributed by atoms with E-state index < -0.39 is 0 Å². The molecular formula is C20H27IN4. The van der Waals surface area contributed by atoms with Crippen LogP contribution in [0.25, 0.3) is 0 Å². The van der Waals surface area contributed by atoms with Crippen LogP contribution in [0.4, 0.5) is 5.69 Å². The first-order valence-electron chi connectivity index (χ1n) is 8.56. The van der Waals surface area contributed by atoms with Crippen molar-refractivity contribution in [1.29, 1.82) is 0 Å². The van der Waals surface area contributed by atoms with E-state index in [4.69, 9.17) is 0 Å². The van der Waals surface area contributed by atoms with E-state index in [0.29, 0.717) is 0 Å². The van der Waals surface area contributed by atoms with Crippen LogP contribution < -0.4 is 10.2 Å². The number of hydrogen-bond acceptors (Lipinski definition) is 2. The van der Waals surface area contributed by atoms with Crippen LogP contribution in [0.3, 0.4) is 0 Å². The minimum absolute atomic E-state index is 0. The predicted octanol–water partition coefficient (Wildman–Crippen LogP) is 3.37. The summed E-state index contributed by atoms with van der Waals surface area (Å²) in [4.78, 5) is 9.07. The van der Waals surface area contributed by atoms with E-state index >= 15 is 0 Å². The Labute approximate surface area is 168 Å². The van der Waals surface area contributed by atoms with Crippen LogP contribution in [0, 0.1) is 0 Å². The minimum Gasteiger partial charge on any atom is -0.355 e. The Morgan fingerprint density at radius 2 is 1.84 bits per heavy atom. The zero-order valence-electron chi connectivity index (χ0n) is 15.0. The van der Waals surface area contributed by atoms with Crippen LogP contribution in [0.15, 0.2) is 59.6 Å². The molecule has 1 N–H and O–H groups in total. The number of benzene rings is 2. The molecule has 134 valence electrons. The summed E-state index contributed by atoms with van der Waals surface area (Å²) >= 11 is 0. The molecule has 1 heterocycles. The lowest BCUT2D eigenvalue weighted by Crippen LogP contribution is -2.43. The maximum absolute atomic E-state index is 4.46. The molecule has 5 heteroatoms. The molecule has 0 bridgehead atoms. The molecule has 0 spiro atoms. The highest BCUT2D eigenvalue weighted by molar-refractivity contribution is 14.0. The highest BCUT2D eigenvalue weighted by atomic mass is 127. The van der Waals surface area contributed by atoms with E-state index in [1.807, 2.05) is 7.05 Å². The largest absolute Gasteiger partial charge is 0.355 e. The van der Waals surface area contributed by atoms with Crippen molar-refractivity contribution in [3.05, 3.63) is 65.7 Å². The third-order valence-corrected chi connectivity index (χ3v) is 4.43. The fourth-order valence-corrected chi connectivity index (χ4v) is 3.19. The molecule has 0 radical (unpaired) electrons. The van der Waals surface area contributed by atoms with E-state index in [1.54, 1.807) is 0 Å². The predicted molar refractivity (Wildman–Crippen MR) is 117 cm³/mol. The van der Waals surface area contributed by atoms with Gasteiger partial charge in [-0.2, -0.15) is 0 Å². The van der Waals surface area contributed by atoms with Crippen LogP contribution in [-0.4, -0.2) is 44.6 Å². The average Bonchev–Trinajstić information content (AvgIpc) is 3.04. The summed E-state index contributed by atoms with van der Waals surface area (Å²) in [7, 11) is 4.01. The SMILES string of the molecule is CN=C(NCCN(C)Cc1ccccc1)N1CCc2ccccc21.I. The third kappa shape index (κ3) is 5.19. The lowest BCUT2D eigenvalue weighted by Gasteiger charge is -2.24. The lowest BCUT2D eigenvalue weighted by molar-refractivity contribution is 0.331. The summed E-state index contributed by atoms with van der Waals surface area (Å²) in [5.74, 6) is 0.966. The van der Waals surface area contributed by atoms with Gasteiger partial charge in [0, 0.05) is 38.9 Å². The molecule has 0 saturated carbocycles. The number of nitrogens with one attached hydrogen (secondary N) is 1. The molecule has 0 unspecified atom stereocenters. The number of likely N-dealkylation sites (N-methyl/N-ethyl adjacent to an activating group) is 1. The maximum Gasteiger partial charge on any atom is 0.198 e. The maximum atomic E-state index is 4.46. The highest BCUT2D eigenvalue weighted by Gasteiger charge is 2.22. The molecule has 1 aliphatic heterocycles. The van der Waals surface area contributed by atoms with Gasteiger partial charge in [-0.05, 0) is 30.7 Å². The molecule has 0 saturated heterocycles. The smallest absolute Gasteiger partial charge is 0.198 e. The quantitative estimate of drug-likeness (QED) is 0.431. The molecule has 0 amide bonds. The Balaban J connectivity index is 0.00000225. The molecule has 0 aromatic heterocycles. The van der Waals surface area contributed by atoms with E-state index in [-0.39, 0.29) is 24.0 Å². The number of hydrogen-bond donors (Lipinski definition) is 1. The van der Waals surface area contributed by atoms with Gasteiger partial charge in [-0.15, -0.1) is 24.0 Å². The average molecular weight is 450 g/mol. The van der Waals surface area contributed by atoms with Crippen molar-refractivity contribution in [3.8, 4) is 0 Å². The topological polar surface area (TPSA) is 30.9 Å². The fraction of sp³-hybridized carbons (Fsp3) is 0.350. The first-order valence-corrected chi connectivity index (χ1v) is 8.56. The van der Waals surface area contributed by atoms with Crippen LogP contribution in [0.1, 0.15) is 11.1 Å². The van der Waals surface area contributed by atoms with Gasteiger partial charge in [-0.25, -0.2) is 0 Å². The van der Waals surface area contributed by atoms with E-state index in [0.717, 1.165) is 38.6 Å². The molecule has 25 heavy (non-hydrogen) atoms. The summed E-state index contributed by atoms with van der Waals surface area (Å²) in [6.07, 6.45) is 1.09. The van der Waals surface area contributed by atoms with Gasteiger partial charge in [0.2, 0.25) is 0 Å². The zero-order valence-corrected chi connectivity index (χ0v) is 17.3. The normalized spacial score (nSPS) is 13.6. The highest BCUT2D eigenvalue weighted by Crippen LogP contribution is 2.27. The minimum atomic E-state index is 0. The van der Waals surface area contributed by atoms with Crippen molar-refractivity contribution in [2.24, 2.45) is 4.99 Å². The number of anilines is 1. The van der Waals surface area contributed by atoms with Gasteiger partial charge in [0.25, 0.3) is 0 Å². The zero-order chi connectivity index (χ0) is 16.8. The van der Waals surface area contributed by atoms with Gasteiger partial charge < -0.3 is 15.1 Å². The second-order valence-electron chi connectivity index (χ2n) is 6.23. The number of nitrogens with zero attached hydrogens (tertiary/aromatic N) is 3. The van der Waals surface area contributed by atoms with Crippen molar-refractivity contribution in [2.75, 3.05) is 38.6 Å². The Morgan fingerprint density at radius 1 is 1.12 bits per heavy atom. The number of fused-ring (bicyclic) bond motifs is 1. The molecule has 2 aromatic rings. The van der Waals surface area contributed by atoms with Crippen molar-refractivity contribution in [2.45, 2.75) is 13.0 Å². The van der Waals surface area contributed by atoms with Gasteiger partial charge in [0.15, 0.2) is 5.96 Å². The van der Waals surface area contributed by atoms with E-state index in [2.05, 4.69) is 81.8 Å². The number of rotatable bonds is 5. The van der Waals surface area contributed by atoms with Crippen molar-refractivity contribution >= 4 is 35.6 Å². The number of halogens is 1. The van der Waals surface area contributed by atoms with E-state index in [1.165, 1.54) is 16.8 Å². The number of para-hydroxylation sites is 1. The van der Waals surface area contributed by atoms with Gasteiger partial charge in [0.1, 0.15) is 0 Å². The first-order chi connectivity index (χ1) is 11.8. The molecule has 1 aliphatic rings. The van der Waals surface area contributed by atoms with Gasteiger partial charge in [0.05, 0.1) is 0 Å². The summed E-state index contributed by atoms with van der Waals surface area (Å²) < 4.78 is 0. The Kier molecular flexibility index (Phi) is 7.71. The van der Waals surface area contributed by atoms with Crippen LogP contribution in [0.2, 0.25) is 0 Å². The van der Waals surface area contributed by atoms with Crippen LogP contribution in [0.5, 0.6) is 0 Å². The second kappa shape index (κ2) is 9.77. The summed E-state index contributed by atoms with van der Waals surface area (Å²) in [5.41, 5.74) is 4.03. The Morgan fingerprint density at radius 3 is 2.60 bits per heavy atom. The van der Waals surface area contributed by atoms with Crippen molar-refractivity contribution in [3.63, 3.8) is 0 Å². The first kappa shape index (κ1) is 19.7. The van der Waals surface area contributed by atoms with Gasteiger partial charge in [-0.1, -0.05) is 48.5 Å². The standard InChI is InChI=1S/C20H26N4.HI/c1-21-20(24-14-12-18-10-6-7-11-19(18)24)22-13-15-23(2)16-17-8-4-3-5-9-17;/h3-11H,12-16H2,1-2H3,(H,21,22);1H. The lowest BCUT2D eigenvalue weighted by atomic mass is 10.2. The van der Waals surface area contributed by atoms with Crippen molar-refractivity contribution in [1.82, 2.24) is 10.2 Å². The molecular weight excluding hydrogens is 423 g/mol. The van der Waals surface area contributed by atoms with E-state index in [9.17, 15) is 0 Å². The number of guanidine groups is 1. The molecule has 4 nitrogen and oxygen atoms in total. The summed E-state index contributed by atoms with van der Waals surface area (Å²) in [6.45, 7) is 3.82. The Hall–Kier alpha value is -1.60. The monoisotopic (exact) mass is 450 g/mol. The molecule has 0 atom stereocenters. The molecule has 2 aromatic carbocycles. The third-order valence-electron chi connectivity index (χ3n) is 4.43. The van der Waals surface area contributed by atoms with Gasteiger partial charge in [-0.3, -0.25) is 4.99 Å². The molecule has 0 aliphatic carbocycles. The van der Waals surface area contributed by atoms with Crippen LogP contribution in [-0.2, 0) is 13.0 Å². The second-order valence-corrected chi connectivity index (χ2v) is 6.23. The molecule has 0 fully saturated rings. The van der Waals surface area contributed by atoms with Gasteiger partial charge >= 0.3 is 0 Å². The summed E-state index contributed by atoms with van der Waals surface area (Å²) in [5, 5.41) is 3.50. The molecule has 3 rings (SSSR count).